The van der Waals surface area contributed by atoms with Crippen molar-refractivity contribution in [3.63, 3.8) is 0 Å². The molecular formula is C13H15F2NO2. The summed E-state index contributed by atoms with van der Waals surface area (Å²) in [6.45, 7) is 0. The van der Waals surface area contributed by atoms with Crippen molar-refractivity contribution in [2.24, 2.45) is 0 Å². The fraction of sp³-hybridized carbons (Fsp3) is 0.538. The first kappa shape index (κ1) is 12.9. The third-order valence-corrected chi connectivity index (χ3v) is 3.14. The Morgan fingerprint density at radius 2 is 1.89 bits per heavy atom. The van der Waals surface area contributed by atoms with Crippen LogP contribution in [0.5, 0.6) is 0 Å². The molecule has 0 saturated heterocycles. The first-order valence-corrected chi connectivity index (χ1v) is 6.19. The Labute approximate surface area is 104 Å². The van der Waals surface area contributed by atoms with Crippen LogP contribution in [-0.2, 0) is 4.74 Å². The second-order valence-corrected chi connectivity index (χ2v) is 4.48. The molecule has 1 heterocycles. The summed E-state index contributed by atoms with van der Waals surface area (Å²) < 4.78 is 31.5. The van der Waals surface area contributed by atoms with Gasteiger partial charge in [-0.1, -0.05) is 12.8 Å². The molecule has 18 heavy (non-hydrogen) atoms. The van der Waals surface area contributed by atoms with Crippen molar-refractivity contribution in [3.8, 4) is 0 Å². The summed E-state index contributed by atoms with van der Waals surface area (Å²) in [7, 11) is 0. The predicted molar refractivity (Wildman–Crippen MR) is 61.1 cm³/mol. The number of ether oxygens (including phenoxy) is 1. The molecule has 98 valence electrons. The maximum Gasteiger partial charge on any atom is 0.341 e. The lowest BCUT2D eigenvalue weighted by atomic mass is 10.1. The van der Waals surface area contributed by atoms with Crippen LogP contribution in [0.2, 0.25) is 0 Å². The van der Waals surface area contributed by atoms with Crippen LogP contribution in [0.25, 0.3) is 0 Å². The fourth-order valence-electron chi connectivity index (χ4n) is 2.15. The Morgan fingerprint density at radius 3 is 2.56 bits per heavy atom. The van der Waals surface area contributed by atoms with E-state index in [9.17, 15) is 13.6 Å². The van der Waals surface area contributed by atoms with Crippen LogP contribution in [0, 0.1) is 11.8 Å². The first-order valence-electron chi connectivity index (χ1n) is 6.19. The standard InChI is InChI=1S/C13H15F2NO2/c14-11-10(7-8-16-12(11)15)13(17)18-9-5-3-1-2-4-6-9/h7-9H,1-6H2. The molecule has 2 rings (SSSR count). The molecule has 0 atom stereocenters. The molecule has 0 amide bonds. The number of pyridine rings is 1. The van der Waals surface area contributed by atoms with Crippen molar-refractivity contribution in [2.45, 2.75) is 44.6 Å². The predicted octanol–water partition coefficient (Wildman–Crippen LogP) is 3.24. The third kappa shape index (κ3) is 3.03. The van der Waals surface area contributed by atoms with Gasteiger partial charge in [0.25, 0.3) is 0 Å². The zero-order valence-corrected chi connectivity index (χ0v) is 9.99. The molecule has 1 fully saturated rings. The van der Waals surface area contributed by atoms with Crippen LogP contribution in [-0.4, -0.2) is 17.1 Å². The lowest BCUT2D eigenvalue weighted by Gasteiger charge is -2.15. The van der Waals surface area contributed by atoms with Crippen molar-refractivity contribution in [3.05, 3.63) is 29.6 Å². The van der Waals surface area contributed by atoms with Crippen molar-refractivity contribution >= 4 is 5.97 Å². The normalized spacial score (nSPS) is 17.2. The van der Waals surface area contributed by atoms with Gasteiger partial charge in [0.2, 0.25) is 5.95 Å². The molecule has 1 aliphatic carbocycles. The lowest BCUT2D eigenvalue weighted by Crippen LogP contribution is -2.19. The fourth-order valence-corrected chi connectivity index (χ4v) is 2.15. The number of halogens is 2. The number of hydrogen-bond acceptors (Lipinski definition) is 3. The lowest BCUT2D eigenvalue weighted by molar-refractivity contribution is 0.0260. The molecule has 0 aliphatic heterocycles. The number of carbonyl (C=O) groups is 1. The molecular weight excluding hydrogens is 240 g/mol. The summed E-state index contributed by atoms with van der Waals surface area (Å²) in [6.07, 6.45) is 6.73. The Morgan fingerprint density at radius 1 is 1.22 bits per heavy atom. The van der Waals surface area contributed by atoms with Gasteiger partial charge in [0.1, 0.15) is 11.7 Å². The van der Waals surface area contributed by atoms with Crippen LogP contribution >= 0.6 is 0 Å². The van der Waals surface area contributed by atoms with Crippen LogP contribution in [0.15, 0.2) is 12.3 Å². The van der Waals surface area contributed by atoms with E-state index in [4.69, 9.17) is 4.74 Å². The Kier molecular flexibility index (Phi) is 4.23. The van der Waals surface area contributed by atoms with Gasteiger partial charge in [-0.05, 0) is 31.7 Å². The van der Waals surface area contributed by atoms with Crippen molar-refractivity contribution in [1.29, 1.82) is 0 Å². The van der Waals surface area contributed by atoms with E-state index in [1.807, 2.05) is 0 Å². The Bertz CT molecular complexity index is 429. The molecule has 0 bridgehead atoms. The average molecular weight is 255 g/mol. The molecule has 1 saturated carbocycles. The molecule has 1 aromatic rings. The van der Waals surface area contributed by atoms with Gasteiger partial charge in [0, 0.05) is 6.20 Å². The second-order valence-electron chi connectivity index (χ2n) is 4.48. The summed E-state index contributed by atoms with van der Waals surface area (Å²) >= 11 is 0. The van der Waals surface area contributed by atoms with Crippen molar-refractivity contribution in [1.82, 2.24) is 4.98 Å². The van der Waals surface area contributed by atoms with Crippen molar-refractivity contribution in [2.75, 3.05) is 0 Å². The van der Waals surface area contributed by atoms with Gasteiger partial charge < -0.3 is 4.74 Å². The van der Waals surface area contributed by atoms with Gasteiger partial charge in [-0.15, -0.1) is 0 Å². The highest BCUT2D eigenvalue weighted by Crippen LogP contribution is 2.21. The number of rotatable bonds is 2. The second kappa shape index (κ2) is 5.89. The summed E-state index contributed by atoms with van der Waals surface area (Å²) in [4.78, 5) is 14.9. The van der Waals surface area contributed by atoms with Gasteiger partial charge in [-0.25, -0.2) is 14.2 Å². The smallest absolute Gasteiger partial charge is 0.341 e. The zero-order chi connectivity index (χ0) is 13.0. The van der Waals surface area contributed by atoms with Gasteiger partial charge in [-0.3, -0.25) is 0 Å². The van der Waals surface area contributed by atoms with E-state index in [1.54, 1.807) is 0 Å². The number of carbonyl (C=O) groups excluding carboxylic acids is 1. The first-order chi connectivity index (χ1) is 8.68. The Hall–Kier alpha value is -1.52. The summed E-state index contributed by atoms with van der Waals surface area (Å²) in [5.74, 6) is -3.32. The van der Waals surface area contributed by atoms with Crippen LogP contribution < -0.4 is 0 Å². The minimum Gasteiger partial charge on any atom is -0.459 e. The third-order valence-electron chi connectivity index (χ3n) is 3.14. The quantitative estimate of drug-likeness (QED) is 0.462. The van der Waals surface area contributed by atoms with E-state index in [-0.39, 0.29) is 11.7 Å². The van der Waals surface area contributed by atoms with E-state index < -0.39 is 17.7 Å². The molecule has 0 radical (unpaired) electrons. The summed E-state index contributed by atoms with van der Waals surface area (Å²) in [5, 5.41) is 0. The number of aromatic nitrogens is 1. The van der Waals surface area contributed by atoms with Gasteiger partial charge in [-0.2, -0.15) is 4.39 Å². The van der Waals surface area contributed by atoms with E-state index in [0.29, 0.717) is 0 Å². The van der Waals surface area contributed by atoms with Gasteiger partial charge in [0.05, 0.1) is 0 Å². The molecule has 5 heteroatoms. The molecule has 1 aliphatic rings. The van der Waals surface area contributed by atoms with Crippen LogP contribution in [0.1, 0.15) is 48.9 Å². The SMILES string of the molecule is O=C(OC1CCCCCC1)c1ccnc(F)c1F. The monoisotopic (exact) mass is 255 g/mol. The maximum atomic E-state index is 13.3. The van der Waals surface area contributed by atoms with Crippen molar-refractivity contribution < 1.29 is 18.3 Å². The molecule has 0 aromatic carbocycles. The molecule has 1 aromatic heterocycles. The minimum absolute atomic E-state index is 0.185. The topological polar surface area (TPSA) is 39.2 Å². The van der Waals surface area contributed by atoms with E-state index in [1.165, 1.54) is 0 Å². The maximum absolute atomic E-state index is 13.3. The largest absolute Gasteiger partial charge is 0.459 e. The number of nitrogens with zero attached hydrogens (tertiary/aromatic N) is 1. The number of esters is 1. The molecule has 0 N–H and O–H groups in total. The highest BCUT2D eigenvalue weighted by molar-refractivity contribution is 5.89. The van der Waals surface area contributed by atoms with Gasteiger partial charge in [0.15, 0.2) is 5.82 Å². The van der Waals surface area contributed by atoms with Crippen LogP contribution in [0.4, 0.5) is 8.78 Å². The highest BCUT2D eigenvalue weighted by Gasteiger charge is 2.22. The molecule has 3 nitrogen and oxygen atoms in total. The average Bonchev–Trinajstić information content (AvgIpc) is 2.61. The molecule has 0 spiro atoms. The Balaban J connectivity index is 2.04. The van der Waals surface area contributed by atoms with E-state index in [2.05, 4.69) is 4.98 Å². The molecule has 0 unspecified atom stereocenters. The minimum atomic E-state index is -1.27. The van der Waals surface area contributed by atoms with E-state index in [0.717, 1.165) is 50.8 Å². The summed E-state index contributed by atoms with van der Waals surface area (Å²) in [6, 6.07) is 1.14. The van der Waals surface area contributed by atoms with Crippen LogP contribution in [0.3, 0.4) is 0 Å². The summed E-state index contributed by atoms with van der Waals surface area (Å²) in [5.41, 5.74) is -0.383. The highest BCUT2D eigenvalue weighted by atomic mass is 19.2. The number of hydrogen-bond donors (Lipinski definition) is 0. The van der Waals surface area contributed by atoms with Gasteiger partial charge >= 0.3 is 5.97 Å². The van der Waals surface area contributed by atoms with E-state index >= 15 is 0 Å². The zero-order valence-electron chi connectivity index (χ0n) is 9.99.